The summed E-state index contributed by atoms with van der Waals surface area (Å²) in [7, 11) is 0. The van der Waals surface area contributed by atoms with Gasteiger partial charge in [-0.2, -0.15) is 20.2 Å². The molecule has 9 heteroatoms. The van der Waals surface area contributed by atoms with E-state index in [4.69, 9.17) is 5.26 Å². The predicted molar refractivity (Wildman–Crippen MR) is 128 cm³/mol. The summed E-state index contributed by atoms with van der Waals surface area (Å²) >= 11 is 0. The SMILES string of the molecule is Cc1ccc(Nc2nc(Nc3ccc(C)cc3)nc(Nc3ccc(C#N)nc3)n2)cc1.Cl. The van der Waals surface area contributed by atoms with E-state index in [-0.39, 0.29) is 12.4 Å². The van der Waals surface area contributed by atoms with Gasteiger partial charge in [-0.25, -0.2) is 4.98 Å². The normalized spacial score (nSPS) is 9.91. The maximum absolute atomic E-state index is 8.92. The van der Waals surface area contributed by atoms with Crippen LogP contribution in [-0.2, 0) is 0 Å². The number of nitriles is 1. The molecule has 0 bridgehead atoms. The number of nitrogens with one attached hydrogen (secondary N) is 3. The van der Waals surface area contributed by atoms with E-state index in [2.05, 4.69) is 35.9 Å². The quantitative estimate of drug-likeness (QED) is 0.362. The average Bonchev–Trinajstić information content (AvgIpc) is 2.77. The van der Waals surface area contributed by atoms with Gasteiger partial charge in [0, 0.05) is 11.4 Å². The third kappa shape index (κ3) is 5.90. The van der Waals surface area contributed by atoms with Crippen LogP contribution < -0.4 is 16.0 Å². The molecule has 0 amide bonds. The van der Waals surface area contributed by atoms with Gasteiger partial charge in [0.05, 0.1) is 11.9 Å². The number of rotatable bonds is 6. The summed E-state index contributed by atoms with van der Waals surface area (Å²) < 4.78 is 0. The van der Waals surface area contributed by atoms with Gasteiger partial charge >= 0.3 is 0 Å². The van der Waals surface area contributed by atoms with Crippen LogP contribution >= 0.6 is 12.4 Å². The number of benzene rings is 2. The molecule has 0 aliphatic rings. The van der Waals surface area contributed by atoms with Crippen LogP contribution in [0.2, 0.25) is 0 Å². The highest BCUT2D eigenvalue weighted by atomic mass is 35.5. The highest BCUT2D eigenvalue weighted by molar-refractivity contribution is 5.85. The van der Waals surface area contributed by atoms with Crippen molar-refractivity contribution in [3.05, 3.63) is 83.7 Å². The lowest BCUT2D eigenvalue weighted by atomic mass is 10.2. The van der Waals surface area contributed by atoms with Crippen LogP contribution in [0.1, 0.15) is 16.8 Å². The zero-order valence-corrected chi connectivity index (χ0v) is 18.3. The Morgan fingerprint density at radius 3 is 1.41 bits per heavy atom. The fourth-order valence-corrected chi connectivity index (χ4v) is 2.74. The molecule has 160 valence electrons. The van der Waals surface area contributed by atoms with Crippen LogP contribution in [0.5, 0.6) is 0 Å². The van der Waals surface area contributed by atoms with Gasteiger partial charge in [0.25, 0.3) is 0 Å². The molecule has 4 rings (SSSR count). The van der Waals surface area contributed by atoms with E-state index < -0.39 is 0 Å². The second kappa shape index (κ2) is 10.2. The van der Waals surface area contributed by atoms with Gasteiger partial charge in [0.15, 0.2) is 0 Å². The number of pyridine rings is 1. The number of hydrogen-bond donors (Lipinski definition) is 3. The van der Waals surface area contributed by atoms with Crippen molar-refractivity contribution in [1.29, 1.82) is 5.26 Å². The van der Waals surface area contributed by atoms with Crippen molar-refractivity contribution in [1.82, 2.24) is 19.9 Å². The fourth-order valence-electron chi connectivity index (χ4n) is 2.74. The molecule has 2 aromatic carbocycles. The molecule has 0 saturated heterocycles. The molecule has 8 nitrogen and oxygen atoms in total. The van der Waals surface area contributed by atoms with Crippen molar-refractivity contribution in [3.63, 3.8) is 0 Å². The second-order valence-corrected chi connectivity index (χ2v) is 6.96. The fraction of sp³-hybridized carbons (Fsp3) is 0.0870. The largest absolute Gasteiger partial charge is 0.324 e. The standard InChI is InChI=1S/C23H20N8.ClH/c1-15-3-7-17(8-4-15)26-21-29-22(27-18-9-5-16(2)6-10-18)31-23(30-21)28-20-12-11-19(13-24)25-14-20;/h3-12,14H,1-2H3,(H3,26,27,28,29,30,31);1H. The maximum Gasteiger partial charge on any atom is 0.233 e. The van der Waals surface area contributed by atoms with Gasteiger partial charge < -0.3 is 16.0 Å². The monoisotopic (exact) mass is 444 g/mol. The Bertz CT molecular complexity index is 1150. The number of nitrogens with zero attached hydrogens (tertiary/aromatic N) is 5. The minimum absolute atomic E-state index is 0. The van der Waals surface area contributed by atoms with Crippen LogP contribution in [-0.4, -0.2) is 19.9 Å². The van der Waals surface area contributed by atoms with E-state index in [0.29, 0.717) is 29.2 Å². The van der Waals surface area contributed by atoms with Gasteiger partial charge in [-0.05, 0) is 50.2 Å². The first-order valence-electron chi connectivity index (χ1n) is 9.64. The molecule has 2 heterocycles. The van der Waals surface area contributed by atoms with Crippen LogP contribution in [0, 0.1) is 25.2 Å². The Morgan fingerprint density at radius 2 is 1.03 bits per heavy atom. The minimum Gasteiger partial charge on any atom is -0.324 e. The van der Waals surface area contributed by atoms with Crippen molar-refractivity contribution in [2.75, 3.05) is 16.0 Å². The second-order valence-electron chi connectivity index (χ2n) is 6.96. The summed E-state index contributed by atoms with van der Waals surface area (Å²) in [5.74, 6) is 1.11. The number of anilines is 6. The molecule has 32 heavy (non-hydrogen) atoms. The summed E-state index contributed by atoms with van der Waals surface area (Å²) in [6, 6.07) is 21.3. The smallest absolute Gasteiger partial charge is 0.233 e. The lowest BCUT2D eigenvalue weighted by molar-refractivity contribution is 1.06. The zero-order chi connectivity index (χ0) is 21.6. The first-order valence-corrected chi connectivity index (χ1v) is 9.64. The van der Waals surface area contributed by atoms with E-state index >= 15 is 0 Å². The molecule has 0 saturated carbocycles. The van der Waals surface area contributed by atoms with Gasteiger partial charge in [-0.1, -0.05) is 35.4 Å². The molecule has 4 aromatic rings. The van der Waals surface area contributed by atoms with E-state index in [1.54, 1.807) is 18.3 Å². The number of aryl methyl sites for hydroxylation is 2. The Labute approximate surface area is 192 Å². The topological polar surface area (TPSA) is 111 Å². The lowest BCUT2D eigenvalue weighted by Gasteiger charge is -2.12. The Balaban J connectivity index is 0.00000289. The van der Waals surface area contributed by atoms with Gasteiger partial charge in [-0.3, -0.25) is 0 Å². The molecule has 3 N–H and O–H groups in total. The van der Waals surface area contributed by atoms with Gasteiger partial charge in [0.1, 0.15) is 11.8 Å². The predicted octanol–water partition coefficient (Wildman–Crippen LogP) is 5.41. The van der Waals surface area contributed by atoms with Crippen molar-refractivity contribution >= 4 is 47.3 Å². The summed E-state index contributed by atoms with van der Waals surface area (Å²) in [5, 5.41) is 18.5. The number of aromatic nitrogens is 4. The first-order chi connectivity index (χ1) is 15.1. The molecule has 0 aliphatic heterocycles. The molecule has 0 aliphatic carbocycles. The highest BCUT2D eigenvalue weighted by Crippen LogP contribution is 2.21. The molecular formula is C23H21ClN8. The van der Waals surface area contributed by atoms with E-state index in [9.17, 15) is 0 Å². The van der Waals surface area contributed by atoms with Crippen molar-refractivity contribution in [2.24, 2.45) is 0 Å². The summed E-state index contributed by atoms with van der Waals surface area (Å²) in [5.41, 5.74) is 5.06. The van der Waals surface area contributed by atoms with Crippen molar-refractivity contribution in [3.8, 4) is 6.07 Å². The lowest BCUT2D eigenvalue weighted by Crippen LogP contribution is -2.07. The third-order valence-corrected chi connectivity index (χ3v) is 4.38. The zero-order valence-electron chi connectivity index (χ0n) is 17.5. The van der Waals surface area contributed by atoms with Gasteiger partial charge in [0.2, 0.25) is 17.8 Å². The summed E-state index contributed by atoms with van der Waals surface area (Å²) in [6.45, 7) is 4.06. The Kier molecular flexibility index (Phi) is 7.16. The molecule has 0 unspecified atom stereocenters. The Morgan fingerprint density at radius 1 is 0.625 bits per heavy atom. The molecule has 0 spiro atoms. The minimum atomic E-state index is 0. The summed E-state index contributed by atoms with van der Waals surface area (Å²) in [4.78, 5) is 17.5. The van der Waals surface area contributed by atoms with Crippen LogP contribution in [0.25, 0.3) is 0 Å². The number of hydrogen-bond acceptors (Lipinski definition) is 8. The molecule has 2 aromatic heterocycles. The maximum atomic E-state index is 8.92. The Hall–Kier alpha value is -4.22. The van der Waals surface area contributed by atoms with Crippen LogP contribution in [0.3, 0.4) is 0 Å². The van der Waals surface area contributed by atoms with Crippen molar-refractivity contribution < 1.29 is 0 Å². The molecule has 0 atom stereocenters. The molecule has 0 radical (unpaired) electrons. The third-order valence-electron chi connectivity index (χ3n) is 4.38. The number of halogens is 1. The highest BCUT2D eigenvalue weighted by Gasteiger charge is 2.09. The van der Waals surface area contributed by atoms with E-state index in [1.807, 2.05) is 68.4 Å². The van der Waals surface area contributed by atoms with E-state index in [0.717, 1.165) is 11.4 Å². The van der Waals surface area contributed by atoms with Gasteiger partial charge in [-0.15, -0.1) is 12.4 Å². The summed E-state index contributed by atoms with van der Waals surface area (Å²) in [6.07, 6.45) is 1.56. The van der Waals surface area contributed by atoms with Crippen LogP contribution in [0.15, 0.2) is 66.9 Å². The van der Waals surface area contributed by atoms with Crippen LogP contribution in [0.4, 0.5) is 34.9 Å². The first kappa shape index (κ1) is 22.5. The average molecular weight is 445 g/mol. The van der Waals surface area contributed by atoms with E-state index in [1.165, 1.54) is 11.1 Å². The molecular weight excluding hydrogens is 424 g/mol. The molecule has 0 fully saturated rings. The van der Waals surface area contributed by atoms with Crippen molar-refractivity contribution in [2.45, 2.75) is 13.8 Å².